The van der Waals surface area contributed by atoms with Gasteiger partial charge in [-0.15, -0.1) is 0 Å². The van der Waals surface area contributed by atoms with E-state index in [0.717, 1.165) is 0 Å². The lowest BCUT2D eigenvalue weighted by Crippen LogP contribution is -2.25. The van der Waals surface area contributed by atoms with Crippen LogP contribution in [0.1, 0.15) is 0 Å². The molecule has 0 aliphatic carbocycles. The molecule has 0 fully saturated rings. The Morgan fingerprint density at radius 1 is 0.833 bits per heavy atom. The highest BCUT2D eigenvalue weighted by molar-refractivity contribution is 5.86. The molecule has 0 aliphatic rings. The summed E-state index contributed by atoms with van der Waals surface area (Å²) >= 11 is 0. The second-order valence-corrected chi connectivity index (χ2v) is 6.74. The van der Waals surface area contributed by atoms with Crippen LogP contribution in [0, 0.1) is 10.1 Å². The lowest BCUT2D eigenvalue weighted by molar-refractivity contribution is -0.453. The molecular formula is C23H16N4O3. The molecule has 30 heavy (non-hydrogen) atoms. The van der Waals surface area contributed by atoms with Crippen molar-refractivity contribution in [1.29, 1.82) is 0 Å². The van der Waals surface area contributed by atoms with E-state index in [4.69, 9.17) is 4.74 Å². The minimum Gasteiger partial charge on any atom is -0.804 e. The highest BCUT2D eigenvalue weighted by atomic mass is 16.5. The number of ether oxygens (including phenoxy) is 1. The molecule has 0 saturated heterocycles. The van der Waals surface area contributed by atoms with Crippen LogP contribution in [0.25, 0.3) is 44.8 Å². The molecule has 0 amide bonds. The van der Waals surface area contributed by atoms with Crippen molar-refractivity contribution in [3.8, 4) is 28.3 Å². The number of hydrogen-bond acceptors (Lipinski definition) is 5. The lowest BCUT2D eigenvalue weighted by atomic mass is 10.0. The van der Waals surface area contributed by atoms with Crippen LogP contribution in [0.4, 0.5) is 0 Å². The number of aromatic nitrogens is 4. The first-order valence-corrected chi connectivity index (χ1v) is 9.33. The van der Waals surface area contributed by atoms with E-state index in [-0.39, 0.29) is 22.7 Å². The first-order chi connectivity index (χ1) is 14.7. The first-order valence-electron chi connectivity index (χ1n) is 9.33. The zero-order valence-corrected chi connectivity index (χ0v) is 16.0. The van der Waals surface area contributed by atoms with Crippen molar-refractivity contribution in [2.75, 3.05) is 7.11 Å². The van der Waals surface area contributed by atoms with Gasteiger partial charge in [0.1, 0.15) is 11.3 Å². The van der Waals surface area contributed by atoms with Crippen LogP contribution in [0.15, 0.2) is 78.9 Å². The van der Waals surface area contributed by atoms with E-state index in [1.165, 1.54) is 0 Å². The Hall–Kier alpha value is -4.26. The molecule has 2 heterocycles. The normalized spacial score (nSPS) is 11.1. The quantitative estimate of drug-likeness (QED) is 0.337. The zero-order valence-electron chi connectivity index (χ0n) is 16.0. The van der Waals surface area contributed by atoms with Crippen LogP contribution in [0.3, 0.4) is 0 Å². The number of para-hydroxylation sites is 2. The summed E-state index contributed by atoms with van der Waals surface area (Å²) in [6.45, 7) is 0. The highest BCUT2D eigenvalue weighted by Crippen LogP contribution is 2.32. The predicted molar refractivity (Wildman–Crippen MR) is 115 cm³/mol. The van der Waals surface area contributed by atoms with Gasteiger partial charge in [0, 0.05) is 15.6 Å². The molecule has 0 saturated carbocycles. The second-order valence-electron chi connectivity index (χ2n) is 6.74. The SMILES string of the molecule is COc1ccc(-c2c(-c3ccccc3)[n+](=O)c3nc4ccccc4nc3n2[O-])cc1. The number of benzene rings is 3. The van der Waals surface area contributed by atoms with Crippen molar-refractivity contribution in [3.05, 3.63) is 89.0 Å². The fraction of sp³-hybridized carbons (Fsp3) is 0.0435. The first kappa shape index (κ1) is 17.8. The predicted octanol–water partition coefficient (Wildman–Crippen LogP) is 4.19. The summed E-state index contributed by atoms with van der Waals surface area (Å²) < 4.78 is 6.60. The number of rotatable bonds is 3. The molecule has 0 spiro atoms. The molecule has 0 bridgehead atoms. The van der Waals surface area contributed by atoms with Gasteiger partial charge < -0.3 is 14.7 Å². The second kappa shape index (κ2) is 6.97. The largest absolute Gasteiger partial charge is 0.804 e. The van der Waals surface area contributed by atoms with Gasteiger partial charge >= 0.3 is 5.65 Å². The Balaban J connectivity index is 1.93. The Morgan fingerprint density at radius 3 is 2.13 bits per heavy atom. The van der Waals surface area contributed by atoms with E-state index >= 15 is 0 Å². The standard InChI is InChI=1S/C23H16N4O3/c1-30-17-13-11-16(12-14-17)21-20(15-7-3-2-4-8-15)26(28)22-23(27(21)29)25-19-10-6-5-9-18(19)24-22/h2-14H,1H3. The van der Waals surface area contributed by atoms with E-state index in [1.54, 1.807) is 55.6 Å². The monoisotopic (exact) mass is 396 g/mol. The van der Waals surface area contributed by atoms with Crippen molar-refractivity contribution < 1.29 is 9.16 Å². The molecule has 0 unspecified atom stereocenters. The van der Waals surface area contributed by atoms with Crippen molar-refractivity contribution in [1.82, 2.24) is 14.7 Å². The molecule has 146 valence electrons. The van der Waals surface area contributed by atoms with Crippen LogP contribution < -0.4 is 9.16 Å². The zero-order chi connectivity index (χ0) is 20.7. The summed E-state index contributed by atoms with van der Waals surface area (Å²) in [4.78, 5) is 22.3. The maximum atomic E-state index is 13.5. The average Bonchev–Trinajstić information content (AvgIpc) is 2.81. The molecule has 5 aromatic rings. The smallest absolute Gasteiger partial charge is 0.410 e. The summed E-state index contributed by atoms with van der Waals surface area (Å²) in [6, 6.07) is 23.2. The molecule has 0 aliphatic heterocycles. The Bertz CT molecular complexity index is 1450. The number of fused-ring (bicyclic) bond motifs is 2. The average molecular weight is 396 g/mol. The van der Waals surface area contributed by atoms with Crippen molar-refractivity contribution in [2.24, 2.45) is 0 Å². The highest BCUT2D eigenvalue weighted by Gasteiger charge is 2.25. The minimum absolute atomic E-state index is 0.0279. The van der Waals surface area contributed by atoms with Crippen LogP contribution in [0.2, 0.25) is 0 Å². The Kier molecular flexibility index (Phi) is 4.14. The van der Waals surface area contributed by atoms with E-state index in [9.17, 15) is 10.1 Å². The van der Waals surface area contributed by atoms with Gasteiger partial charge in [0.15, 0.2) is 0 Å². The van der Waals surface area contributed by atoms with Gasteiger partial charge in [-0.1, -0.05) is 47.4 Å². The molecule has 7 heteroatoms. The van der Waals surface area contributed by atoms with Crippen LogP contribution in [-0.4, -0.2) is 21.8 Å². The van der Waals surface area contributed by atoms with E-state index < -0.39 is 0 Å². The third kappa shape index (κ3) is 2.76. The summed E-state index contributed by atoms with van der Waals surface area (Å²) in [7, 11) is 1.57. The van der Waals surface area contributed by atoms with Crippen molar-refractivity contribution >= 4 is 22.3 Å². The molecule has 0 radical (unpaired) electrons. The third-order valence-corrected chi connectivity index (χ3v) is 4.96. The number of hydrogen-bond donors (Lipinski definition) is 0. The maximum Gasteiger partial charge on any atom is 0.410 e. The molecule has 0 N–H and O–H groups in total. The van der Waals surface area contributed by atoms with Gasteiger partial charge in [0.05, 0.1) is 12.8 Å². The Morgan fingerprint density at radius 2 is 1.47 bits per heavy atom. The van der Waals surface area contributed by atoms with Gasteiger partial charge in [0.25, 0.3) is 0 Å². The number of methoxy groups -OCH3 is 1. The van der Waals surface area contributed by atoms with Gasteiger partial charge in [0.2, 0.25) is 16.9 Å². The van der Waals surface area contributed by atoms with Gasteiger partial charge in [-0.3, -0.25) is 0 Å². The van der Waals surface area contributed by atoms with Crippen molar-refractivity contribution in [3.63, 3.8) is 0 Å². The van der Waals surface area contributed by atoms with Crippen LogP contribution >= 0.6 is 0 Å². The molecule has 0 atom stereocenters. The van der Waals surface area contributed by atoms with E-state index in [0.29, 0.717) is 37.1 Å². The van der Waals surface area contributed by atoms with Crippen LogP contribution in [0.5, 0.6) is 5.75 Å². The number of nitrogens with zero attached hydrogens (tertiary/aromatic N) is 4. The van der Waals surface area contributed by atoms with E-state index in [1.807, 2.05) is 30.3 Å². The topological polar surface area (TPSA) is 86.0 Å². The van der Waals surface area contributed by atoms with E-state index in [2.05, 4.69) is 9.97 Å². The molecule has 3 aromatic carbocycles. The molecule has 7 nitrogen and oxygen atoms in total. The third-order valence-electron chi connectivity index (χ3n) is 4.96. The summed E-state index contributed by atoms with van der Waals surface area (Å²) in [5.74, 6) is 0.652. The maximum absolute atomic E-state index is 13.5. The van der Waals surface area contributed by atoms with Crippen LogP contribution in [-0.2, 0) is 0 Å². The minimum atomic E-state index is -0.0331. The fourth-order valence-electron chi connectivity index (χ4n) is 3.51. The molecule has 2 aromatic heterocycles. The van der Waals surface area contributed by atoms with Gasteiger partial charge in [-0.05, 0) is 41.4 Å². The summed E-state index contributed by atoms with van der Waals surface area (Å²) in [6.07, 6.45) is 0. The fourth-order valence-corrected chi connectivity index (χ4v) is 3.51. The van der Waals surface area contributed by atoms with Gasteiger partial charge in [-0.2, -0.15) is 0 Å². The molecular weight excluding hydrogens is 380 g/mol. The van der Waals surface area contributed by atoms with Gasteiger partial charge in [-0.25, -0.2) is 4.98 Å². The summed E-state index contributed by atoms with van der Waals surface area (Å²) in [5.41, 5.74) is 2.64. The molecule has 5 rings (SSSR count). The lowest BCUT2D eigenvalue weighted by Gasteiger charge is -2.20. The Labute approximate surface area is 171 Å². The summed E-state index contributed by atoms with van der Waals surface area (Å²) in [5, 5.41) is 13.5. The van der Waals surface area contributed by atoms with Crippen molar-refractivity contribution in [2.45, 2.75) is 0 Å².